The maximum Gasteiger partial charge on any atom is 0.377 e. The van der Waals surface area contributed by atoms with Crippen molar-refractivity contribution < 1.29 is 18.7 Å². The number of hydrogen-bond donors (Lipinski definition) is 1. The molecule has 0 saturated heterocycles. The molecule has 1 amide bonds. The molecule has 6 heteroatoms. The Bertz CT molecular complexity index is 148. The molecule has 0 aromatic rings. The summed E-state index contributed by atoms with van der Waals surface area (Å²) in [6.45, 7) is -0.425. The average molecular weight is 232 g/mol. The lowest BCUT2D eigenvalue weighted by molar-refractivity contribution is -0.144. The van der Waals surface area contributed by atoms with E-state index in [1.54, 1.807) is 0 Å². The molecule has 0 aliphatic rings. The van der Waals surface area contributed by atoms with Crippen molar-refractivity contribution in [3.05, 3.63) is 0 Å². The van der Waals surface area contributed by atoms with Crippen molar-refractivity contribution in [1.29, 1.82) is 0 Å². The SMILES string of the molecule is CN(CCO)C(=O)C(F)(F)Br. The molecule has 0 unspecified atom stereocenters. The van der Waals surface area contributed by atoms with Crippen molar-refractivity contribution in [2.45, 2.75) is 4.83 Å². The molecule has 0 aromatic carbocycles. The third kappa shape index (κ3) is 3.62. The third-order valence-corrected chi connectivity index (χ3v) is 1.36. The van der Waals surface area contributed by atoms with E-state index < -0.39 is 10.7 Å². The van der Waals surface area contributed by atoms with Crippen LogP contribution in [0.1, 0.15) is 0 Å². The Kier molecular flexibility index (Phi) is 3.88. The van der Waals surface area contributed by atoms with Crippen LogP contribution < -0.4 is 0 Å². The highest BCUT2D eigenvalue weighted by molar-refractivity contribution is 9.10. The highest BCUT2D eigenvalue weighted by Crippen LogP contribution is 2.23. The largest absolute Gasteiger partial charge is 0.395 e. The van der Waals surface area contributed by atoms with Gasteiger partial charge in [-0.15, -0.1) is 0 Å². The summed E-state index contributed by atoms with van der Waals surface area (Å²) in [4.78, 5) is 7.79. The zero-order valence-corrected chi connectivity index (χ0v) is 7.44. The Morgan fingerprint density at radius 2 is 2.18 bits per heavy atom. The predicted molar refractivity (Wildman–Crippen MR) is 38.6 cm³/mol. The predicted octanol–water partition coefficient (Wildman–Crippen LogP) is 0.425. The Morgan fingerprint density at radius 3 is 2.45 bits per heavy atom. The zero-order chi connectivity index (χ0) is 9.07. The van der Waals surface area contributed by atoms with Crippen LogP contribution in [-0.2, 0) is 4.79 Å². The normalized spacial score (nSPS) is 11.4. The number of rotatable bonds is 3. The van der Waals surface area contributed by atoms with Crippen LogP contribution in [0.25, 0.3) is 0 Å². The van der Waals surface area contributed by atoms with E-state index in [0.717, 1.165) is 4.90 Å². The number of carbonyl (C=O) groups is 1. The number of nitrogens with zero attached hydrogens (tertiary/aromatic N) is 1. The highest BCUT2D eigenvalue weighted by Gasteiger charge is 2.37. The van der Waals surface area contributed by atoms with Gasteiger partial charge in [-0.25, -0.2) is 0 Å². The van der Waals surface area contributed by atoms with Crippen LogP contribution >= 0.6 is 15.9 Å². The van der Waals surface area contributed by atoms with Gasteiger partial charge in [0.15, 0.2) is 0 Å². The molecule has 0 saturated carbocycles. The molecular weight excluding hydrogens is 224 g/mol. The smallest absolute Gasteiger partial charge is 0.377 e. The minimum absolute atomic E-state index is 0.0972. The number of alkyl halides is 3. The van der Waals surface area contributed by atoms with Gasteiger partial charge in [-0.2, -0.15) is 8.78 Å². The molecule has 11 heavy (non-hydrogen) atoms. The van der Waals surface area contributed by atoms with Gasteiger partial charge >= 0.3 is 10.7 Å². The van der Waals surface area contributed by atoms with Crippen LogP contribution in [0.3, 0.4) is 0 Å². The van der Waals surface area contributed by atoms with Crippen LogP contribution in [0.15, 0.2) is 0 Å². The van der Waals surface area contributed by atoms with E-state index in [9.17, 15) is 13.6 Å². The van der Waals surface area contributed by atoms with Crippen LogP contribution in [0.4, 0.5) is 8.78 Å². The molecule has 3 nitrogen and oxygen atoms in total. The minimum atomic E-state index is -3.53. The van der Waals surface area contributed by atoms with Crippen molar-refractivity contribution in [1.82, 2.24) is 4.90 Å². The highest BCUT2D eigenvalue weighted by atomic mass is 79.9. The van der Waals surface area contributed by atoms with Gasteiger partial charge in [0.25, 0.3) is 0 Å². The number of aliphatic hydroxyl groups is 1. The number of likely N-dealkylation sites (N-methyl/N-ethyl adjacent to an activating group) is 1. The second kappa shape index (κ2) is 3.96. The molecule has 1 N–H and O–H groups in total. The van der Waals surface area contributed by atoms with Crippen molar-refractivity contribution >= 4 is 21.8 Å². The molecule has 0 radical (unpaired) electrons. The van der Waals surface area contributed by atoms with E-state index in [2.05, 4.69) is 0 Å². The summed E-state index contributed by atoms with van der Waals surface area (Å²) < 4.78 is 24.3. The maximum atomic E-state index is 12.1. The van der Waals surface area contributed by atoms with Gasteiger partial charge < -0.3 is 10.0 Å². The van der Waals surface area contributed by atoms with Crippen molar-refractivity contribution in [2.75, 3.05) is 20.2 Å². The molecule has 0 atom stereocenters. The van der Waals surface area contributed by atoms with Gasteiger partial charge in [-0.1, -0.05) is 0 Å². The Balaban J connectivity index is 4.03. The van der Waals surface area contributed by atoms with Gasteiger partial charge in [0, 0.05) is 29.5 Å². The fourth-order valence-corrected chi connectivity index (χ4v) is 0.771. The Labute approximate surface area is 71.1 Å². The quantitative estimate of drug-likeness (QED) is 0.716. The number of amides is 1. The van der Waals surface area contributed by atoms with E-state index in [1.807, 2.05) is 15.9 Å². The average Bonchev–Trinajstić information content (AvgIpc) is 1.85. The molecule has 66 valence electrons. The molecule has 0 aliphatic carbocycles. The standard InChI is InChI=1S/C5H8BrF2NO2/c1-9(2-3-10)4(11)5(6,7)8/h10H,2-3H2,1H3. The summed E-state index contributed by atoms with van der Waals surface area (Å²) in [6.07, 6.45) is 0. The first-order chi connectivity index (χ1) is 4.89. The van der Waals surface area contributed by atoms with E-state index in [0.29, 0.717) is 0 Å². The number of hydrogen-bond acceptors (Lipinski definition) is 2. The second-order valence-corrected chi connectivity index (χ2v) is 2.94. The first-order valence-corrected chi connectivity index (χ1v) is 3.62. The lowest BCUT2D eigenvalue weighted by atomic mass is 10.5. The second-order valence-electron chi connectivity index (χ2n) is 1.95. The van der Waals surface area contributed by atoms with Gasteiger partial charge in [-0.3, -0.25) is 4.79 Å². The molecule has 0 fully saturated rings. The van der Waals surface area contributed by atoms with Crippen molar-refractivity contribution in [3.8, 4) is 0 Å². The summed E-state index contributed by atoms with van der Waals surface area (Å²) in [5.41, 5.74) is 0. The minimum Gasteiger partial charge on any atom is -0.395 e. The summed E-state index contributed by atoms with van der Waals surface area (Å²) >= 11 is 1.91. The first kappa shape index (κ1) is 10.8. The molecule has 0 bridgehead atoms. The van der Waals surface area contributed by atoms with Gasteiger partial charge in [0.2, 0.25) is 0 Å². The summed E-state index contributed by atoms with van der Waals surface area (Å²) in [5.74, 6) is -1.36. The molecule has 0 aliphatic heterocycles. The van der Waals surface area contributed by atoms with Crippen LogP contribution in [0.5, 0.6) is 0 Å². The van der Waals surface area contributed by atoms with Crippen molar-refractivity contribution in [3.63, 3.8) is 0 Å². The van der Waals surface area contributed by atoms with Gasteiger partial charge in [0.1, 0.15) is 0 Å². The van der Waals surface area contributed by atoms with Crippen LogP contribution in [0.2, 0.25) is 0 Å². The molecule has 0 aromatic heterocycles. The number of aliphatic hydroxyl groups excluding tert-OH is 1. The molecule has 0 rings (SSSR count). The fraction of sp³-hybridized carbons (Fsp3) is 0.800. The Hall–Kier alpha value is -0.230. The third-order valence-electron chi connectivity index (χ3n) is 1.02. The molecule has 0 heterocycles. The number of halogens is 3. The zero-order valence-electron chi connectivity index (χ0n) is 5.85. The lowest BCUT2D eigenvalue weighted by Crippen LogP contribution is -2.38. The monoisotopic (exact) mass is 231 g/mol. The summed E-state index contributed by atoms with van der Waals surface area (Å²) in [5, 5.41) is 8.30. The summed E-state index contributed by atoms with van der Waals surface area (Å²) in [7, 11) is 1.19. The van der Waals surface area contributed by atoms with Gasteiger partial charge in [0.05, 0.1) is 6.61 Å². The van der Waals surface area contributed by atoms with Crippen molar-refractivity contribution in [2.24, 2.45) is 0 Å². The van der Waals surface area contributed by atoms with E-state index in [4.69, 9.17) is 5.11 Å². The maximum absolute atomic E-state index is 12.1. The van der Waals surface area contributed by atoms with E-state index >= 15 is 0 Å². The lowest BCUT2D eigenvalue weighted by Gasteiger charge is -2.18. The molecular formula is C5H8BrF2NO2. The fourth-order valence-electron chi connectivity index (χ4n) is 0.468. The van der Waals surface area contributed by atoms with Crippen LogP contribution in [0, 0.1) is 0 Å². The number of carbonyl (C=O) groups excluding carboxylic acids is 1. The van der Waals surface area contributed by atoms with E-state index in [1.165, 1.54) is 7.05 Å². The topological polar surface area (TPSA) is 40.5 Å². The Morgan fingerprint density at radius 1 is 1.73 bits per heavy atom. The van der Waals surface area contributed by atoms with Gasteiger partial charge in [-0.05, 0) is 0 Å². The van der Waals surface area contributed by atoms with E-state index in [-0.39, 0.29) is 13.2 Å². The van der Waals surface area contributed by atoms with Crippen LogP contribution in [-0.4, -0.2) is 40.9 Å². The summed E-state index contributed by atoms with van der Waals surface area (Å²) in [6, 6.07) is 0. The molecule has 0 spiro atoms. The first-order valence-electron chi connectivity index (χ1n) is 2.82.